The summed E-state index contributed by atoms with van der Waals surface area (Å²) in [6.45, 7) is 14.4. The van der Waals surface area contributed by atoms with Gasteiger partial charge < -0.3 is 8.80 Å². The van der Waals surface area contributed by atoms with Crippen molar-refractivity contribution < 1.29 is 0 Å². The van der Waals surface area contributed by atoms with Crippen LogP contribution in [0.5, 0.6) is 0 Å². The van der Waals surface area contributed by atoms with Crippen molar-refractivity contribution in [2.45, 2.75) is 76.0 Å². The summed E-state index contributed by atoms with van der Waals surface area (Å²) in [5.41, 5.74) is 33.2. The lowest BCUT2D eigenvalue weighted by molar-refractivity contribution is 0.591. The van der Waals surface area contributed by atoms with E-state index in [4.69, 9.17) is 0 Å². The van der Waals surface area contributed by atoms with Gasteiger partial charge in [0.15, 0.2) is 0 Å². The highest BCUT2D eigenvalue weighted by atomic mass is 14.9. The van der Waals surface area contributed by atoms with Gasteiger partial charge in [0.1, 0.15) is 0 Å². The van der Waals surface area contributed by atoms with Crippen molar-refractivity contribution in [3.63, 3.8) is 0 Å². The summed E-state index contributed by atoms with van der Waals surface area (Å²) in [6.07, 6.45) is 0. The van der Waals surface area contributed by atoms with Crippen molar-refractivity contribution in [1.29, 1.82) is 0 Å². The van der Waals surface area contributed by atoms with Crippen LogP contribution in [0.25, 0.3) is 98.4 Å². The van der Waals surface area contributed by atoms with E-state index in [2.05, 4.69) is 257 Å². The van der Waals surface area contributed by atoms with Crippen LogP contribution in [0, 0.1) is 0 Å². The molecule has 80 heavy (non-hydrogen) atoms. The van der Waals surface area contributed by atoms with Crippen LogP contribution in [-0.4, -0.2) is 8.80 Å². The van der Waals surface area contributed by atoms with Gasteiger partial charge in [-0.25, -0.2) is 0 Å². The smallest absolute Gasteiger partial charge is 0.0620 e. The second-order valence-corrected chi connectivity index (χ2v) is 26.2. The maximum atomic E-state index is 2.71. The van der Waals surface area contributed by atoms with Gasteiger partial charge in [-0.15, -0.1) is 0 Å². The molecule has 0 fully saturated rings. The van der Waals surface area contributed by atoms with E-state index in [0.717, 1.165) is 0 Å². The maximum absolute atomic E-state index is 2.71. The summed E-state index contributed by atoms with van der Waals surface area (Å²) in [5, 5.41) is 10.9. The third-order valence-electron chi connectivity index (χ3n) is 20.2. The zero-order chi connectivity index (χ0) is 53.0. The summed E-state index contributed by atoms with van der Waals surface area (Å²) < 4.78 is 5.42. The molecule has 15 aromatic rings. The summed E-state index contributed by atoms with van der Waals surface area (Å²) >= 11 is 0. The Morgan fingerprint density at radius 1 is 0.275 bits per heavy atom. The Balaban J connectivity index is 0.996. The first-order valence-electron chi connectivity index (χ1n) is 29.1. The molecule has 378 valence electrons. The average Bonchev–Trinajstić information content (AvgIpc) is 4.28. The first kappa shape index (κ1) is 43.9. The molecule has 4 aromatic heterocycles. The monoisotopic (exact) mass is 1020 g/mol. The molecule has 2 heteroatoms. The molecule has 21 rings (SSSR count). The van der Waals surface area contributed by atoms with Crippen molar-refractivity contribution in [2.24, 2.45) is 0 Å². The molecule has 4 heterocycles. The lowest BCUT2D eigenvalue weighted by atomic mass is 9.59. The highest BCUT2D eigenvalue weighted by Gasteiger charge is 2.47. The van der Waals surface area contributed by atoms with E-state index in [0.29, 0.717) is 0 Å². The van der Waals surface area contributed by atoms with Crippen molar-refractivity contribution in [3.05, 3.63) is 284 Å². The van der Waals surface area contributed by atoms with Gasteiger partial charge in [-0.3, -0.25) is 0 Å². The molecule has 0 aliphatic heterocycles. The van der Waals surface area contributed by atoms with Gasteiger partial charge in [0, 0.05) is 66.8 Å². The van der Waals surface area contributed by atoms with Crippen molar-refractivity contribution >= 4 is 76.2 Å². The molecule has 0 radical (unpaired) electrons. The number of benzene rings is 11. The minimum Gasteiger partial charge on any atom is -0.308 e. The average molecular weight is 1020 g/mol. The minimum absolute atomic E-state index is 0.0905. The Morgan fingerprint density at radius 3 is 0.875 bits per heavy atom. The van der Waals surface area contributed by atoms with Crippen molar-refractivity contribution in [3.8, 4) is 22.3 Å². The van der Waals surface area contributed by atoms with Crippen LogP contribution in [0.2, 0.25) is 0 Å². The lowest BCUT2D eigenvalue weighted by Gasteiger charge is -2.43. The number of nitrogens with zero attached hydrogens (tertiary/aromatic N) is 2. The molecule has 6 aliphatic carbocycles. The predicted molar refractivity (Wildman–Crippen MR) is 334 cm³/mol. The van der Waals surface area contributed by atoms with E-state index in [1.54, 1.807) is 0 Å². The minimum atomic E-state index is -0.0905. The van der Waals surface area contributed by atoms with Crippen LogP contribution in [0.15, 0.2) is 206 Å². The van der Waals surface area contributed by atoms with Crippen LogP contribution >= 0.6 is 0 Å². The Bertz CT molecular complexity index is 4840. The predicted octanol–water partition coefficient (Wildman–Crippen LogP) is 19.9. The van der Waals surface area contributed by atoms with E-state index in [1.807, 2.05) is 0 Å². The van der Waals surface area contributed by atoms with Crippen LogP contribution < -0.4 is 0 Å². The third-order valence-corrected chi connectivity index (χ3v) is 20.2. The first-order valence-corrected chi connectivity index (χ1v) is 29.1. The standard InChI is InChI=1S/C78H56N2/c1-77(2,3)43-33-57-55-39-62-56(40-61(55)79-63-37-53(41-21-9-7-10-22-41)71-65-45-25-13-17-29-49(45)67(50-30-18-14-26-46(50)65)73(71)69(63)59(35-43)75(57)79)58-34-44(78(4,5)6)36-60-70-64(80(62)76(58)60)38-54(42-23-11-8-12-24-42)72-66-47-27-15-19-31-51(47)68(74(70)72)52-32-20-16-28-48(52)66/h7-40,65-68H,1-6H3. The molecule has 2 nitrogen and oxygen atoms in total. The van der Waals surface area contributed by atoms with Crippen molar-refractivity contribution in [1.82, 2.24) is 8.80 Å². The second-order valence-electron chi connectivity index (χ2n) is 26.2. The molecule has 11 aromatic carbocycles. The van der Waals surface area contributed by atoms with E-state index >= 15 is 0 Å². The van der Waals surface area contributed by atoms with Crippen LogP contribution in [0.3, 0.4) is 0 Å². The number of aromatic nitrogens is 2. The van der Waals surface area contributed by atoms with E-state index < -0.39 is 0 Å². The molecular weight excluding hydrogens is 965 g/mol. The topological polar surface area (TPSA) is 8.82 Å². The number of hydrogen-bond acceptors (Lipinski definition) is 0. The van der Waals surface area contributed by atoms with Crippen LogP contribution in [0.1, 0.15) is 143 Å². The zero-order valence-electron chi connectivity index (χ0n) is 45.8. The Labute approximate surface area is 464 Å². The molecule has 0 amide bonds. The van der Waals surface area contributed by atoms with Gasteiger partial charge in [0.05, 0.1) is 33.1 Å². The molecule has 4 bridgehead atoms. The Kier molecular flexibility index (Phi) is 8.03. The molecule has 0 spiro atoms. The van der Waals surface area contributed by atoms with E-state index in [-0.39, 0.29) is 34.5 Å². The third kappa shape index (κ3) is 5.23. The van der Waals surface area contributed by atoms with Gasteiger partial charge in [0.2, 0.25) is 0 Å². The van der Waals surface area contributed by atoms with Crippen molar-refractivity contribution in [2.75, 3.05) is 0 Å². The fraction of sp³-hybridized carbons (Fsp3) is 0.154. The molecule has 6 aliphatic rings. The molecular formula is C78H56N2. The summed E-state index contributed by atoms with van der Waals surface area (Å²) in [5.74, 6) is 0.507. The SMILES string of the molecule is CC(C)(C)c1cc2c3cc4c(cc3n3c5cc(-c6ccccc6)c6c(c5c(c1)c23)C1c2ccccc2C6c2ccccc21)c1cc(C(C)(C)C)cc2c3c5c(c(-c6ccccc6)cc3n4c12)C1c2ccccc2C5c2ccccc21. The maximum Gasteiger partial charge on any atom is 0.0620 e. The molecule has 0 saturated heterocycles. The number of fused-ring (bicyclic) bond motifs is 12. The fourth-order valence-electron chi connectivity index (χ4n) is 16.9. The second kappa shape index (κ2) is 14.6. The summed E-state index contributed by atoms with van der Waals surface area (Å²) in [6, 6.07) is 80.8. The van der Waals surface area contributed by atoms with E-state index in [1.165, 1.54) is 176 Å². The van der Waals surface area contributed by atoms with Gasteiger partial charge in [-0.1, -0.05) is 199 Å². The molecule has 0 atom stereocenters. The first-order chi connectivity index (χ1) is 39.0. The number of rotatable bonds is 2. The van der Waals surface area contributed by atoms with E-state index in [9.17, 15) is 0 Å². The lowest BCUT2D eigenvalue weighted by Crippen LogP contribution is -2.28. The fourth-order valence-corrected chi connectivity index (χ4v) is 16.9. The van der Waals surface area contributed by atoms with Gasteiger partial charge in [-0.2, -0.15) is 0 Å². The van der Waals surface area contributed by atoms with Crippen LogP contribution in [-0.2, 0) is 10.8 Å². The largest absolute Gasteiger partial charge is 0.308 e. The highest BCUT2D eigenvalue weighted by molar-refractivity contribution is 6.30. The summed E-state index contributed by atoms with van der Waals surface area (Å²) in [7, 11) is 0. The van der Waals surface area contributed by atoms with Gasteiger partial charge in [0.25, 0.3) is 0 Å². The number of hydrogen-bond donors (Lipinski definition) is 0. The normalized spacial score (nSPS) is 17.9. The Morgan fingerprint density at radius 2 is 0.562 bits per heavy atom. The molecule has 0 saturated carbocycles. The Hall–Kier alpha value is -8.98. The molecule has 0 N–H and O–H groups in total. The zero-order valence-corrected chi connectivity index (χ0v) is 45.8. The summed E-state index contributed by atoms with van der Waals surface area (Å²) in [4.78, 5) is 0. The van der Waals surface area contributed by atoms with Gasteiger partial charge in [-0.05, 0) is 160 Å². The van der Waals surface area contributed by atoms with Gasteiger partial charge >= 0.3 is 0 Å². The highest BCUT2D eigenvalue weighted by Crippen LogP contribution is 2.63. The van der Waals surface area contributed by atoms with Crippen LogP contribution in [0.4, 0.5) is 0 Å². The molecule has 0 unspecified atom stereocenters. The quantitative estimate of drug-likeness (QED) is 0.163.